The van der Waals surface area contributed by atoms with Crippen LogP contribution in [0.3, 0.4) is 0 Å². The summed E-state index contributed by atoms with van der Waals surface area (Å²) < 4.78 is 4.74. The number of aliphatic carboxylic acids is 1. The van der Waals surface area contributed by atoms with Crippen LogP contribution in [0.1, 0.15) is 28.1 Å². The van der Waals surface area contributed by atoms with Gasteiger partial charge in [0.05, 0.1) is 24.5 Å². The topological polar surface area (TPSA) is 92.7 Å². The molecule has 1 fully saturated rings. The molecule has 0 spiro atoms. The van der Waals surface area contributed by atoms with Gasteiger partial charge in [0.2, 0.25) is 5.91 Å². The monoisotopic (exact) mass is 349 g/mol. The smallest absolute Gasteiger partial charge is 0.340 e. The average molecular weight is 349 g/mol. The predicted molar refractivity (Wildman–Crippen MR) is 89.0 cm³/mol. The number of allylic oxidation sites excluding steroid dienone is 2. The third-order valence-corrected chi connectivity index (χ3v) is 5.80. The summed E-state index contributed by atoms with van der Waals surface area (Å²) in [5.41, 5.74) is 0.303. The Balaban J connectivity index is 1.86. The van der Waals surface area contributed by atoms with E-state index >= 15 is 0 Å². The molecule has 128 valence electrons. The molecular weight excluding hydrogens is 330 g/mol. The van der Waals surface area contributed by atoms with Gasteiger partial charge < -0.3 is 15.2 Å². The van der Waals surface area contributed by atoms with Crippen molar-refractivity contribution >= 4 is 34.2 Å². The van der Waals surface area contributed by atoms with Gasteiger partial charge in [-0.15, -0.1) is 11.3 Å². The van der Waals surface area contributed by atoms with Gasteiger partial charge in [-0.1, -0.05) is 12.2 Å². The number of aryl methyl sites for hydroxylation is 1. The maximum atomic E-state index is 12.8. The standard InChI is InChI=1S/C17H19NO5S/c1-8-7-11(17(22)23-2)15(24-8)18-14(19)12-9-3-5-10(6-4-9)13(12)16(20)21/h3,5,7,9-10,12-13H,4,6H2,1-2H3,(H,18,19)(H,20,21)/t9-,10-,12+,13-/m0/s1. The van der Waals surface area contributed by atoms with Crippen LogP contribution in [-0.4, -0.2) is 30.1 Å². The zero-order valence-corrected chi connectivity index (χ0v) is 14.3. The van der Waals surface area contributed by atoms with Gasteiger partial charge in [-0.2, -0.15) is 0 Å². The third-order valence-electron chi connectivity index (χ3n) is 4.83. The zero-order chi connectivity index (χ0) is 17.4. The van der Waals surface area contributed by atoms with Crippen molar-refractivity contribution in [1.29, 1.82) is 0 Å². The number of ether oxygens (including phenoxy) is 1. The first-order chi connectivity index (χ1) is 11.4. The van der Waals surface area contributed by atoms with Crippen LogP contribution in [0.25, 0.3) is 0 Å². The number of thiophene rings is 1. The molecule has 4 rings (SSSR count). The summed E-state index contributed by atoms with van der Waals surface area (Å²) in [7, 11) is 1.28. The Bertz CT molecular complexity index is 723. The lowest BCUT2D eigenvalue weighted by Gasteiger charge is -2.41. The van der Waals surface area contributed by atoms with Crippen molar-refractivity contribution < 1.29 is 24.2 Å². The molecule has 1 aromatic rings. The second kappa shape index (κ2) is 6.39. The van der Waals surface area contributed by atoms with Crippen molar-refractivity contribution in [2.75, 3.05) is 12.4 Å². The highest BCUT2D eigenvalue weighted by molar-refractivity contribution is 7.16. The average Bonchev–Trinajstić information content (AvgIpc) is 2.94. The summed E-state index contributed by atoms with van der Waals surface area (Å²) in [6, 6.07) is 1.66. The van der Waals surface area contributed by atoms with Crippen molar-refractivity contribution in [3.63, 3.8) is 0 Å². The van der Waals surface area contributed by atoms with Crippen LogP contribution in [0.15, 0.2) is 18.2 Å². The molecule has 2 bridgehead atoms. The normalized spacial score (nSPS) is 27.8. The Morgan fingerprint density at radius 2 is 1.83 bits per heavy atom. The van der Waals surface area contributed by atoms with E-state index in [1.54, 1.807) is 6.07 Å². The number of nitrogens with one attached hydrogen (secondary N) is 1. The number of amides is 1. The van der Waals surface area contributed by atoms with Gasteiger partial charge in [0.1, 0.15) is 5.00 Å². The number of esters is 1. The van der Waals surface area contributed by atoms with Crippen molar-refractivity contribution in [3.05, 3.63) is 28.7 Å². The number of rotatable bonds is 4. The Kier molecular flexibility index (Phi) is 4.45. The number of carbonyl (C=O) groups excluding carboxylic acids is 2. The molecule has 0 aliphatic heterocycles. The van der Waals surface area contributed by atoms with Crippen LogP contribution in [0, 0.1) is 30.6 Å². The number of carboxylic acids is 1. The van der Waals surface area contributed by atoms with Crippen LogP contribution < -0.4 is 5.32 Å². The van der Waals surface area contributed by atoms with Crippen LogP contribution in [0.2, 0.25) is 0 Å². The van der Waals surface area contributed by atoms with E-state index in [0.717, 1.165) is 17.7 Å². The molecule has 1 amide bonds. The second-order valence-corrected chi connectivity index (χ2v) is 7.52. The number of carbonyl (C=O) groups is 3. The first-order valence-electron chi connectivity index (χ1n) is 7.83. The van der Waals surface area contributed by atoms with Gasteiger partial charge in [-0.05, 0) is 37.7 Å². The quantitative estimate of drug-likeness (QED) is 0.644. The Hall–Kier alpha value is -2.15. The van der Waals surface area contributed by atoms with Crippen LogP contribution in [0.5, 0.6) is 0 Å². The summed E-state index contributed by atoms with van der Waals surface area (Å²) in [4.78, 5) is 37.1. The highest BCUT2D eigenvalue weighted by Crippen LogP contribution is 2.45. The molecule has 2 N–H and O–H groups in total. The van der Waals surface area contributed by atoms with E-state index in [1.807, 2.05) is 19.1 Å². The van der Waals surface area contributed by atoms with Crippen LogP contribution in [-0.2, 0) is 14.3 Å². The highest BCUT2D eigenvalue weighted by atomic mass is 32.1. The molecule has 7 heteroatoms. The molecule has 24 heavy (non-hydrogen) atoms. The first kappa shape index (κ1) is 16.7. The number of carboxylic acid groups (broad SMARTS) is 1. The largest absolute Gasteiger partial charge is 0.481 e. The third kappa shape index (κ3) is 2.84. The fraction of sp³-hybridized carbons (Fsp3) is 0.471. The molecule has 1 aromatic heterocycles. The van der Waals surface area contributed by atoms with Gasteiger partial charge in [0, 0.05) is 4.88 Å². The van der Waals surface area contributed by atoms with Crippen molar-refractivity contribution in [3.8, 4) is 0 Å². The van der Waals surface area contributed by atoms with Crippen LogP contribution in [0.4, 0.5) is 5.00 Å². The van der Waals surface area contributed by atoms with Crippen molar-refractivity contribution in [1.82, 2.24) is 0 Å². The Morgan fingerprint density at radius 3 is 2.38 bits per heavy atom. The second-order valence-electron chi connectivity index (χ2n) is 6.26. The Morgan fingerprint density at radius 1 is 1.21 bits per heavy atom. The van der Waals surface area contributed by atoms with Gasteiger partial charge in [-0.25, -0.2) is 4.79 Å². The van der Waals surface area contributed by atoms with E-state index in [0.29, 0.717) is 10.6 Å². The van der Waals surface area contributed by atoms with Gasteiger partial charge >= 0.3 is 11.9 Å². The summed E-state index contributed by atoms with van der Waals surface area (Å²) in [6.45, 7) is 1.83. The molecule has 4 atom stereocenters. The molecule has 3 aliphatic carbocycles. The molecule has 6 nitrogen and oxygen atoms in total. The minimum atomic E-state index is -0.940. The number of hydrogen-bond donors (Lipinski definition) is 2. The lowest BCUT2D eigenvalue weighted by atomic mass is 9.62. The Labute approximate surface area is 143 Å². The number of hydrogen-bond acceptors (Lipinski definition) is 5. The van der Waals surface area contributed by atoms with Crippen LogP contribution >= 0.6 is 11.3 Å². The van der Waals surface area contributed by atoms with E-state index in [4.69, 9.17) is 4.74 Å². The van der Waals surface area contributed by atoms with Gasteiger partial charge in [0.25, 0.3) is 0 Å². The predicted octanol–water partition coefficient (Wildman–Crippen LogP) is 2.69. The zero-order valence-electron chi connectivity index (χ0n) is 13.4. The number of anilines is 1. The van der Waals surface area contributed by atoms with Crippen molar-refractivity contribution in [2.24, 2.45) is 23.7 Å². The minimum Gasteiger partial charge on any atom is -0.481 e. The first-order valence-corrected chi connectivity index (χ1v) is 8.64. The van der Waals surface area contributed by atoms with E-state index in [9.17, 15) is 19.5 Å². The summed E-state index contributed by atoms with van der Waals surface area (Å²) in [5, 5.41) is 12.7. The molecular formula is C17H19NO5S. The van der Waals surface area contributed by atoms with E-state index in [1.165, 1.54) is 18.4 Å². The number of methoxy groups -OCH3 is 1. The molecule has 0 unspecified atom stereocenters. The SMILES string of the molecule is COC(=O)c1cc(C)sc1NC(=O)[C@H]1[C@@H](C(=O)O)[C@H]2C=C[C@H]1CC2. The fourth-order valence-corrected chi connectivity index (χ4v) is 4.65. The van der Waals surface area contributed by atoms with E-state index in [2.05, 4.69) is 5.32 Å². The molecule has 1 saturated carbocycles. The number of fused-ring (bicyclic) bond motifs is 2. The van der Waals surface area contributed by atoms with Crippen molar-refractivity contribution in [2.45, 2.75) is 19.8 Å². The van der Waals surface area contributed by atoms with E-state index < -0.39 is 23.8 Å². The lowest BCUT2D eigenvalue weighted by Crippen LogP contribution is -2.47. The molecule has 0 aromatic carbocycles. The molecule has 1 heterocycles. The summed E-state index contributed by atoms with van der Waals surface area (Å²) >= 11 is 1.28. The van der Waals surface area contributed by atoms with E-state index in [-0.39, 0.29) is 17.7 Å². The fourth-order valence-electron chi connectivity index (χ4n) is 3.75. The van der Waals surface area contributed by atoms with Gasteiger partial charge in [-0.3, -0.25) is 9.59 Å². The molecule has 0 radical (unpaired) electrons. The lowest BCUT2D eigenvalue weighted by molar-refractivity contribution is -0.151. The summed E-state index contributed by atoms with van der Waals surface area (Å²) in [6.07, 6.45) is 5.49. The molecule has 0 saturated heterocycles. The molecule has 3 aliphatic rings. The minimum absolute atomic E-state index is 0.0706. The summed E-state index contributed by atoms with van der Waals surface area (Å²) in [5.74, 6) is -3.30. The highest BCUT2D eigenvalue weighted by Gasteiger charge is 2.48. The maximum absolute atomic E-state index is 12.8. The maximum Gasteiger partial charge on any atom is 0.340 e. The van der Waals surface area contributed by atoms with Gasteiger partial charge in [0.15, 0.2) is 0 Å².